The highest BCUT2D eigenvalue weighted by molar-refractivity contribution is 8.00. The van der Waals surface area contributed by atoms with Gasteiger partial charge in [0.1, 0.15) is 35.2 Å². The van der Waals surface area contributed by atoms with Crippen molar-refractivity contribution >= 4 is 64.8 Å². The van der Waals surface area contributed by atoms with Crippen LogP contribution in [0.25, 0.3) is 22.3 Å². The van der Waals surface area contributed by atoms with Crippen LogP contribution in [0.4, 0.5) is 22.0 Å². The summed E-state index contributed by atoms with van der Waals surface area (Å²) in [6.07, 6.45) is 9.49. The summed E-state index contributed by atoms with van der Waals surface area (Å²) in [5.41, 5.74) is 9.26. The minimum Gasteiger partial charge on any atom is -0.481 e. The lowest BCUT2D eigenvalue weighted by molar-refractivity contribution is -0.143. The molecular formula is C81H109F5N8O9S2. The Hall–Kier alpha value is -7.64. The summed E-state index contributed by atoms with van der Waals surface area (Å²) in [6, 6.07) is 27.7. The number of carboxylic acids is 2. The van der Waals surface area contributed by atoms with Crippen LogP contribution in [0.5, 0.6) is 0 Å². The second-order valence-corrected chi connectivity index (χ2v) is 31.6. The molecule has 6 aromatic rings. The summed E-state index contributed by atoms with van der Waals surface area (Å²) >= 11 is 2.30. The number of carbonyl (C=O) groups excluding carboxylic acids is 5. The van der Waals surface area contributed by atoms with Gasteiger partial charge in [-0.25, -0.2) is 22.0 Å². The summed E-state index contributed by atoms with van der Waals surface area (Å²) in [5.74, 6) is -8.34. The Kier molecular flexibility index (Phi) is 35.0. The molecule has 0 spiro atoms. The molecule has 1 aliphatic rings. The number of Topliss-reactive ketones (excluding diaryl/α,β-unsaturated/α-hetero) is 2. The second kappa shape index (κ2) is 42.6. The van der Waals surface area contributed by atoms with Gasteiger partial charge in [0.25, 0.3) is 0 Å². The fraction of sp³-hybridized carbons (Fsp3) is 0.519. The molecule has 105 heavy (non-hydrogen) atoms. The van der Waals surface area contributed by atoms with E-state index in [-0.39, 0.29) is 89.4 Å². The van der Waals surface area contributed by atoms with E-state index in [9.17, 15) is 52.6 Å². The van der Waals surface area contributed by atoms with E-state index < -0.39 is 88.1 Å². The molecular weight excluding hydrogens is 1390 g/mol. The average molecular weight is 1500 g/mol. The number of rotatable bonds is 42. The molecule has 4 aromatic carbocycles. The highest BCUT2D eigenvalue weighted by Gasteiger charge is 2.42. The van der Waals surface area contributed by atoms with Gasteiger partial charge in [-0.15, -0.1) is 0 Å². The SMILES string of the molecule is CCCCCC[C@H](NC(C)=O)C(=O)C[C@@H](CSCC(=O)N(CCCN)[C@@H](c1cc(-c2cc(F)ccc2F)cn1Cc1ccccc1)C(C)(C)C)C(=O)O.CNCCCCCC(=O)C[C@@H](CSCC(=O)N(C[C@@H]1CNC[C@@H]1F)[C@@H](c1cc(-c2cc(F)ccc2F)cn1Cc1ccccc1)C(C)(C)C)C(=O)O. The van der Waals surface area contributed by atoms with Gasteiger partial charge in [0, 0.05) is 129 Å². The Morgan fingerprint density at radius 1 is 0.638 bits per heavy atom. The topological polar surface area (TPSA) is 238 Å². The van der Waals surface area contributed by atoms with Gasteiger partial charge in [0.2, 0.25) is 17.7 Å². The number of ketones is 2. The summed E-state index contributed by atoms with van der Waals surface area (Å²) in [4.78, 5) is 94.1. The maximum absolute atomic E-state index is 15.2. The highest BCUT2D eigenvalue weighted by Crippen LogP contribution is 2.44. The van der Waals surface area contributed by atoms with Crippen LogP contribution in [0.3, 0.4) is 0 Å². The number of benzene rings is 4. The first-order valence-electron chi connectivity index (χ1n) is 36.5. The Balaban J connectivity index is 0.000000329. The van der Waals surface area contributed by atoms with E-state index in [0.29, 0.717) is 75.2 Å². The van der Waals surface area contributed by atoms with Gasteiger partial charge in [-0.05, 0) is 116 Å². The van der Waals surface area contributed by atoms with Crippen LogP contribution in [-0.2, 0) is 46.7 Å². The van der Waals surface area contributed by atoms with Crippen molar-refractivity contribution in [3.8, 4) is 22.3 Å². The van der Waals surface area contributed by atoms with E-state index in [1.807, 2.05) is 124 Å². The number of hydrogen-bond donors (Lipinski definition) is 6. The third-order valence-corrected chi connectivity index (χ3v) is 20.9. The van der Waals surface area contributed by atoms with Crippen LogP contribution in [0, 0.1) is 51.9 Å². The Morgan fingerprint density at radius 2 is 1.13 bits per heavy atom. The monoisotopic (exact) mass is 1500 g/mol. The van der Waals surface area contributed by atoms with Crippen molar-refractivity contribution in [2.75, 3.05) is 69.3 Å². The zero-order chi connectivity index (χ0) is 77.0. The Morgan fingerprint density at radius 3 is 1.59 bits per heavy atom. The predicted octanol–water partition coefficient (Wildman–Crippen LogP) is 14.7. The highest BCUT2D eigenvalue weighted by atomic mass is 32.2. The number of aromatic nitrogens is 2. The average Bonchev–Trinajstić information content (AvgIpc) is 1.66. The van der Waals surface area contributed by atoms with Gasteiger partial charge in [-0.1, -0.05) is 141 Å². The molecule has 0 radical (unpaired) electrons. The first-order valence-corrected chi connectivity index (χ1v) is 38.8. The van der Waals surface area contributed by atoms with Crippen LogP contribution in [0.15, 0.2) is 122 Å². The lowest BCUT2D eigenvalue weighted by Crippen LogP contribution is -2.46. The quantitative estimate of drug-likeness (QED) is 0.0154. The zero-order valence-electron chi connectivity index (χ0n) is 62.4. The molecule has 0 unspecified atom stereocenters. The zero-order valence-corrected chi connectivity index (χ0v) is 64.0. The molecule has 17 nitrogen and oxygen atoms in total. The van der Waals surface area contributed by atoms with Crippen molar-refractivity contribution in [3.63, 3.8) is 0 Å². The molecule has 3 heterocycles. The predicted molar refractivity (Wildman–Crippen MR) is 408 cm³/mol. The minimum absolute atomic E-state index is 0.0216. The van der Waals surface area contributed by atoms with Crippen molar-refractivity contribution in [2.24, 2.45) is 34.3 Å². The minimum atomic E-state index is -1.17. The van der Waals surface area contributed by atoms with Crippen LogP contribution in [0.1, 0.15) is 167 Å². The number of aliphatic carboxylic acids is 2. The molecule has 574 valence electrons. The van der Waals surface area contributed by atoms with Gasteiger partial charge in [0.15, 0.2) is 5.78 Å². The molecule has 2 aromatic heterocycles. The van der Waals surface area contributed by atoms with Crippen molar-refractivity contribution in [2.45, 2.75) is 170 Å². The molecule has 1 aliphatic heterocycles. The second-order valence-electron chi connectivity index (χ2n) is 29.6. The number of carbonyl (C=O) groups is 7. The van der Waals surface area contributed by atoms with Crippen LogP contribution < -0.4 is 21.7 Å². The number of unbranched alkanes of at least 4 members (excludes halogenated alkanes) is 5. The standard InChI is InChI=1S/C41H56F2N4O5S.C40H53F3N4O4S/c1-6-7-8-12-16-35(45-28(2)48)37(49)22-31(40(51)52)26-53-27-38(50)47(20-13-19-44)39(41(3,4)5)36-21-30(33-23-32(42)17-18-34(33)43)25-46(36)24-29-14-10-9-11-15-29;1-40(2,3)38(36-18-28(33-19-31(41)14-15-34(33)42)23-46(36)22-27-11-7-5-8-12-27)47(24-30-20-45-21-35(30)43)37(49)26-52-25-29(39(50)51)17-32(48)13-9-6-10-16-44-4/h9-11,14-15,17-18,21,23,25,31,35,39H,6-8,12-13,16,19-20,22,24,26-27,44H2,1-5H3,(H,45,48)(H,51,52);5,7-8,11-12,14-15,18-19,23,29-30,35,38,44-45H,6,9-10,13,16-17,20-22,24-26H2,1-4H3,(H,50,51)/t31-,35-,39-;29-,30-,35-,38-/m00/s1. The molecule has 7 N–H and O–H groups in total. The summed E-state index contributed by atoms with van der Waals surface area (Å²) in [7, 11) is 1.87. The van der Waals surface area contributed by atoms with Gasteiger partial charge in [-0.2, -0.15) is 23.5 Å². The maximum Gasteiger partial charge on any atom is 0.307 e. The van der Waals surface area contributed by atoms with E-state index >= 15 is 13.2 Å². The van der Waals surface area contributed by atoms with Crippen molar-refractivity contribution in [1.82, 2.24) is 34.9 Å². The molecule has 7 rings (SSSR count). The number of nitrogens with zero attached hydrogens (tertiary/aromatic N) is 4. The number of thioether (sulfide) groups is 2. The van der Waals surface area contributed by atoms with Gasteiger partial charge < -0.3 is 50.8 Å². The third-order valence-electron chi connectivity index (χ3n) is 18.7. The van der Waals surface area contributed by atoms with Gasteiger partial charge >= 0.3 is 11.9 Å². The molecule has 24 heteroatoms. The summed E-state index contributed by atoms with van der Waals surface area (Å²) in [5, 5.41) is 28.8. The van der Waals surface area contributed by atoms with Gasteiger partial charge in [-0.3, -0.25) is 33.6 Å². The van der Waals surface area contributed by atoms with Crippen molar-refractivity contribution in [1.29, 1.82) is 0 Å². The molecule has 7 atom stereocenters. The van der Waals surface area contributed by atoms with E-state index in [4.69, 9.17) is 5.73 Å². The van der Waals surface area contributed by atoms with E-state index in [0.717, 1.165) is 122 Å². The number of alkyl halides is 1. The van der Waals surface area contributed by atoms with E-state index in [1.165, 1.54) is 6.92 Å². The lowest BCUT2D eigenvalue weighted by atomic mass is 9.82. The number of nitrogens with two attached hydrogens (primary N) is 1. The van der Waals surface area contributed by atoms with Crippen LogP contribution in [0.2, 0.25) is 0 Å². The molecule has 0 saturated carbocycles. The first kappa shape index (κ1) is 86.3. The van der Waals surface area contributed by atoms with Crippen molar-refractivity contribution in [3.05, 3.63) is 167 Å². The fourth-order valence-electron chi connectivity index (χ4n) is 13.4. The molecule has 0 bridgehead atoms. The summed E-state index contributed by atoms with van der Waals surface area (Å²) < 4.78 is 78.1. The number of hydrogen-bond acceptors (Lipinski definition) is 12. The van der Waals surface area contributed by atoms with Crippen molar-refractivity contribution < 1.29 is 65.7 Å². The Labute approximate surface area is 625 Å². The van der Waals surface area contributed by atoms with E-state index in [2.05, 4.69) is 22.9 Å². The number of nitrogens with one attached hydrogen (secondary N) is 3. The molecule has 3 amide bonds. The smallest absolute Gasteiger partial charge is 0.307 e. The van der Waals surface area contributed by atoms with Crippen LogP contribution >= 0.6 is 23.5 Å². The van der Waals surface area contributed by atoms with E-state index in [1.54, 1.807) is 28.3 Å². The molecule has 1 fully saturated rings. The summed E-state index contributed by atoms with van der Waals surface area (Å²) in [6.45, 7) is 18.4. The maximum atomic E-state index is 15.2. The lowest BCUT2D eigenvalue weighted by Gasteiger charge is -2.42. The number of amides is 3. The largest absolute Gasteiger partial charge is 0.481 e. The molecule has 1 saturated heterocycles. The Bertz CT molecular complexity index is 3770. The first-order chi connectivity index (χ1) is 49.9. The van der Waals surface area contributed by atoms with Crippen LogP contribution in [-0.4, -0.2) is 152 Å². The number of halogens is 5. The fourth-order valence-corrected chi connectivity index (χ4v) is 15.4. The van der Waals surface area contributed by atoms with Gasteiger partial charge in [0.05, 0.1) is 41.5 Å². The number of carboxylic acid groups (broad SMARTS) is 2. The third kappa shape index (κ3) is 27.3. The molecule has 0 aliphatic carbocycles. The normalized spacial score (nSPS) is 15.2.